The van der Waals surface area contributed by atoms with E-state index in [-0.39, 0.29) is 11.5 Å². The number of nitrogens with one attached hydrogen (secondary N) is 1. The third-order valence-electron chi connectivity index (χ3n) is 4.93. The van der Waals surface area contributed by atoms with E-state index in [1.165, 1.54) is 11.8 Å². The van der Waals surface area contributed by atoms with Crippen molar-refractivity contribution in [2.24, 2.45) is 0 Å². The summed E-state index contributed by atoms with van der Waals surface area (Å²) in [6.07, 6.45) is 1.60. The van der Waals surface area contributed by atoms with Crippen molar-refractivity contribution < 1.29 is 9.48 Å². The first-order valence-electron chi connectivity index (χ1n) is 9.75. The van der Waals surface area contributed by atoms with E-state index < -0.39 is 6.17 Å². The number of carbonyl (C=O) groups is 1. The maximum Gasteiger partial charge on any atom is 0.325 e. The van der Waals surface area contributed by atoms with Gasteiger partial charge in [-0.25, -0.2) is 4.90 Å². The highest BCUT2D eigenvalue weighted by molar-refractivity contribution is 7.99. The Bertz CT molecular complexity index is 1100. The predicted molar refractivity (Wildman–Crippen MR) is 114 cm³/mol. The molecule has 4 rings (SSSR count). The van der Waals surface area contributed by atoms with Crippen LogP contribution in [0.3, 0.4) is 0 Å². The third kappa shape index (κ3) is 3.58. The van der Waals surface area contributed by atoms with Gasteiger partial charge < -0.3 is 0 Å². The van der Waals surface area contributed by atoms with Crippen LogP contribution in [0.5, 0.6) is 0 Å². The van der Waals surface area contributed by atoms with Gasteiger partial charge in [0.1, 0.15) is 0 Å². The van der Waals surface area contributed by atoms with Crippen LogP contribution in [0.1, 0.15) is 38.4 Å². The van der Waals surface area contributed by atoms with Crippen LogP contribution < -0.4 is 15.1 Å². The summed E-state index contributed by atoms with van der Waals surface area (Å²) in [5.74, 6) is 0.772. The van der Waals surface area contributed by atoms with E-state index in [9.17, 15) is 9.59 Å². The number of amides is 1. The van der Waals surface area contributed by atoms with Gasteiger partial charge in [-0.15, -0.1) is 0 Å². The van der Waals surface area contributed by atoms with Crippen LogP contribution in [0.4, 0.5) is 5.69 Å². The lowest BCUT2D eigenvalue weighted by molar-refractivity contribution is -0.763. The van der Waals surface area contributed by atoms with Crippen LogP contribution in [0, 0.1) is 0 Å². The summed E-state index contributed by atoms with van der Waals surface area (Å²) in [6, 6.07) is 17.2. The molecule has 0 spiro atoms. The fourth-order valence-corrected chi connectivity index (χ4v) is 4.55. The molecule has 6 nitrogen and oxygen atoms in total. The molecule has 0 saturated carbocycles. The fourth-order valence-electron chi connectivity index (χ4n) is 3.62. The number of hydrogen-bond donors (Lipinski definition) is 1. The van der Waals surface area contributed by atoms with Gasteiger partial charge in [0.2, 0.25) is 11.1 Å². The van der Waals surface area contributed by atoms with Crippen molar-refractivity contribution in [1.29, 1.82) is 0 Å². The van der Waals surface area contributed by atoms with Gasteiger partial charge in [0.15, 0.2) is 0 Å². The number of carbonyl (C=O) groups excluding carboxylic acids is 1. The summed E-state index contributed by atoms with van der Waals surface area (Å²) >= 11 is 1.53. The summed E-state index contributed by atoms with van der Waals surface area (Å²) in [7, 11) is 0. The van der Waals surface area contributed by atoms with E-state index in [4.69, 9.17) is 5.10 Å². The first kappa shape index (κ1) is 19.4. The van der Waals surface area contributed by atoms with Gasteiger partial charge in [-0.3, -0.25) is 14.6 Å². The number of H-pyrrole nitrogens is 1. The number of aromatic amines is 1. The van der Waals surface area contributed by atoms with Crippen LogP contribution in [-0.2, 0) is 4.79 Å². The molecule has 2 aromatic carbocycles. The van der Waals surface area contributed by atoms with Gasteiger partial charge in [-0.05, 0) is 23.2 Å². The molecule has 1 aromatic heterocycles. The van der Waals surface area contributed by atoms with E-state index in [1.807, 2.05) is 54.6 Å². The highest BCUT2D eigenvalue weighted by Crippen LogP contribution is 2.37. The second-order valence-electron chi connectivity index (χ2n) is 6.94. The highest BCUT2D eigenvalue weighted by Gasteiger charge is 2.44. The second-order valence-corrected chi connectivity index (χ2v) is 8.03. The topological polar surface area (TPSA) is 69.9 Å². The van der Waals surface area contributed by atoms with Crippen molar-refractivity contribution in [2.75, 3.05) is 10.7 Å². The van der Waals surface area contributed by atoms with Gasteiger partial charge in [0, 0.05) is 23.3 Å². The number of aromatic nitrogens is 3. The number of unbranched alkanes of at least 4 members (excludes halogenated alkanes) is 1. The predicted octanol–water partition coefficient (Wildman–Crippen LogP) is 3.53. The Labute approximate surface area is 173 Å². The minimum absolute atomic E-state index is 0.105. The summed E-state index contributed by atoms with van der Waals surface area (Å²) in [4.78, 5) is 30.5. The molecule has 1 aliphatic rings. The summed E-state index contributed by atoms with van der Waals surface area (Å²) in [6.45, 7) is 3.67. The van der Waals surface area contributed by atoms with Gasteiger partial charge >= 0.3 is 11.3 Å². The Balaban J connectivity index is 1.96. The number of rotatable bonds is 5. The zero-order valence-electron chi connectivity index (χ0n) is 16.5. The van der Waals surface area contributed by atoms with Crippen molar-refractivity contribution in [2.45, 2.75) is 38.0 Å². The van der Waals surface area contributed by atoms with Crippen LogP contribution in [0.15, 0.2) is 64.5 Å². The average molecular weight is 408 g/mol. The fraction of sp³-hybridized carbons (Fsp3) is 0.273. The van der Waals surface area contributed by atoms with Gasteiger partial charge in [-0.1, -0.05) is 67.6 Å². The molecule has 7 heteroatoms. The van der Waals surface area contributed by atoms with Crippen molar-refractivity contribution >= 4 is 23.4 Å². The largest absolute Gasteiger partial charge is 0.325 e. The molecule has 1 N–H and O–H groups in total. The monoisotopic (exact) mass is 407 g/mol. The summed E-state index contributed by atoms with van der Waals surface area (Å²) in [5, 5.41) is 5.33. The molecule has 2 heterocycles. The second kappa shape index (κ2) is 8.21. The van der Waals surface area contributed by atoms with Gasteiger partial charge in [-0.2, -0.15) is 0 Å². The molecule has 29 heavy (non-hydrogen) atoms. The Morgan fingerprint density at radius 3 is 2.62 bits per heavy atom. The van der Waals surface area contributed by atoms with E-state index in [1.54, 1.807) is 16.5 Å². The van der Waals surface area contributed by atoms with Crippen LogP contribution in [0.25, 0.3) is 11.3 Å². The quantitative estimate of drug-likeness (QED) is 0.399. The van der Waals surface area contributed by atoms with E-state index in [0.717, 1.165) is 24.2 Å². The minimum atomic E-state index is -0.522. The Hall–Kier alpha value is -2.93. The van der Waals surface area contributed by atoms with Crippen LogP contribution in [-0.4, -0.2) is 21.7 Å². The molecule has 0 bridgehead atoms. The first-order chi connectivity index (χ1) is 14.1. The highest BCUT2D eigenvalue weighted by atomic mass is 32.2. The number of para-hydroxylation sites is 1. The van der Waals surface area contributed by atoms with Crippen LogP contribution >= 0.6 is 11.8 Å². The summed E-state index contributed by atoms with van der Waals surface area (Å²) in [5.41, 5.74) is 2.58. The Morgan fingerprint density at radius 2 is 1.90 bits per heavy atom. The lowest BCUT2D eigenvalue weighted by Gasteiger charge is -2.31. The standard InChI is InChI=1S/C22H22N4O2S/c1-3-4-14-29-22-23-20(28)19-17-12-8-9-13-18(17)25(15(2)27)21(26(19)24-22)16-10-6-5-7-11-16/h5-13,21H,3-4,14H2,1-2H3/p+1/t21-/m1/s1. The van der Waals surface area contributed by atoms with E-state index in [2.05, 4.69) is 11.9 Å². The molecule has 0 aliphatic carbocycles. The molecule has 0 saturated heterocycles. The van der Waals surface area contributed by atoms with E-state index >= 15 is 0 Å². The number of anilines is 1. The Kier molecular flexibility index (Phi) is 5.49. The van der Waals surface area contributed by atoms with Crippen molar-refractivity contribution in [3.05, 3.63) is 70.5 Å². The van der Waals surface area contributed by atoms with Gasteiger partial charge in [0.05, 0.1) is 11.3 Å². The zero-order chi connectivity index (χ0) is 20.4. The molecular formula is C22H23N4O2S+. The lowest BCUT2D eigenvalue weighted by atomic mass is 10.0. The smallest absolute Gasteiger partial charge is 0.291 e. The van der Waals surface area contributed by atoms with Crippen molar-refractivity contribution in [3.8, 4) is 11.3 Å². The maximum atomic E-state index is 13.1. The third-order valence-corrected chi connectivity index (χ3v) is 5.88. The number of benzene rings is 2. The van der Waals surface area contributed by atoms with Crippen molar-refractivity contribution in [1.82, 2.24) is 10.1 Å². The molecule has 148 valence electrons. The zero-order valence-corrected chi connectivity index (χ0v) is 17.3. The average Bonchev–Trinajstić information content (AvgIpc) is 2.73. The first-order valence-corrected chi connectivity index (χ1v) is 10.7. The maximum absolute atomic E-state index is 13.1. The minimum Gasteiger partial charge on any atom is -0.291 e. The molecule has 3 aromatic rings. The lowest BCUT2D eigenvalue weighted by Crippen LogP contribution is -2.60. The Morgan fingerprint density at radius 1 is 1.17 bits per heavy atom. The SMILES string of the molecule is CCCCSc1n[n+]2c(c(=O)[nH]1)-c1ccccc1N(C(C)=O)[C@H]2c1ccccc1. The molecular weight excluding hydrogens is 384 g/mol. The molecule has 0 unspecified atom stereocenters. The van der Waals surface area contributed by atoms with Crippen molar-refractivity contribution in [3.63, 3.8) is 0 Å². The number of nitrogens with zero attached hydrogens (tertiary/aromatic N) is 3. The molecule has 1 aliphatic heterocycles. The number of hydrogen-bond acceptors (Lipinski definition) is 4. The van der Waals surface area contributed by atoms with Crippen LogP contribution in [0.2, 0.25) is 0 Å². The normalized spacial score (nSPS) is 15.0. The molecule has 0 radical (unpaired) electrons. The molecule has 1 atom stereocenters. The molecule has 0 fully saturated rings. The number of thioether (sulfide) groups is 1. The summed E-state index contributed by atoms with van der Waals surface area (Å²) < 4.78 is 1.70. The van der Waals surface area contributed by atoms with Gasteiger partial charge in [0.25, 0.3) is 6.17 Å². The number of fused-ring (bicyclic) bond motifs is 3. The molecule has 1 amide bonds. The van der Waals surface area contributed by atoms with E-state index in [0.29, 0.717) is 22.1 Å².